The Morgan fingerprint density at radius 2 is 1.74 bits per heavy atom. The lowest BCUT2D eigenvalue weighted by Gasteiger charge is -2.37. The highest BCUT2D eigenvalue weighted by atomic mass is 35.5. The molecule has 0 aromatic heterocycles. The normalized spacial score (nSPS) is 21.8. The number of carbonyl (C=O) groups excluding carboxylic acids is 1. The van der Waals surface area contributed by atoms with Crippen LogP contribution in [0.1, 0.15) is 37.9 Å². The van der Waals surface area contributed by atoms with Crippen molar-refractivity contribution in [1.29, 1.82) is 0 Å². The van der Waals surface area contributed by atoms with Gasteiger partial charge in [0.15, 0.2) is 5.17 Å². The zero-order valence-electron chi connectivity index (χ0n) is 20.0. The number of amides is 1. The number of amidine groups is 1. The number of carbonyl (C=O) groups is 1. The molecule has 2 aromatic rings. The van der Waals surface area contributed by atoms with Crippen LogP contribution < -0.4 is 0 Å². The van der Waals surface area contributed by atoms with Crippen molar-refractivity contribution >= 4 is 46.0 Å². The number of ether oxygens (including phenoxy) is 1. The number of methoxy groups -OCH3 is 1. The number of fused-ring (bicyclic) bond motifs is 1. The Morgan fingerprint density at radius 1 is 1.15 bits per heavy atom. The number of thioether (sulfide) groups is 1. The van der Waals surface area contributed by atoms with E-state index in [1.165, 1.54) is 11.8 Å². The van der Waals surface area contributed by atoms with E-state index >= 15 is 0 Å². The summed E-state index contributed by atoms with van der Waals surface area (Å²) in [5.74, 6) is 0.114. The quantitative estimate of drug-likeness (QED) is 0.429. The topological polar surface area (TPSA) is 45.1 Å². The van der Waals surface area contributed by atoms with Crippen LogP contribution in [-0.4, -0.2) is 48.2 Å². The molecule has 2 heterocycles. The molecule has 180 valence electrons. The van der Waals surface area contributed by atoms with Gasteiger partial charge in [-0.15, -0.1) is 0 Å². The molecule has 2 aliphatic heterocycles. The van der Waals surface area contributed by atoms with Gasteiger partial charge in [-0.2, -0.15) is 0 Å². The molecule has 0 bridgehead atoms. The summed E-state index contributed by atoms with van der Waals surface area (Å²) in [6.45, 7) is 7.41. The van der Waals surface area contributed by atoms with Gasteiger partial charge in [-0.05, 0) is 60.0 Å². The second-order valence-corrected chi connectivity index (χ2v) is 10.9. The van der Waals surface area contributed by atoms with Crippen molar-refractivity contribution in [3.63, 3.8) is 0 Å². The molecular weight excluding hydrogens is 489 g/mol. The predicted octanol–water partition coefficient (Wildman–Crippen LogP) is 6.34. The zero-order chi connectivity index (χ0) is 24.6. The van der Waals surface area contributed by atoms with E-state index in [1.54, 1.807) is 12.0 Å². The maximum absolute atomic E-state index is 13.4. The Hall–Kier alpha value is -1.99. The summed E-state index contributed by atoms with van der Waals surface area (Å²) in [5, 5.41) is 2.21. The lowest BCUT2D eigenvalue weighted by atomic mass is 9.81. The molecule has 0 aliphatic carbocycles. The first-order chi connectivity index (χ1) is 16.2. The van der Waals surface area contributed by atoms with Gasteiger partial charge < -0.3 is 14.5 Å². The first-order valence-electron chi connectivity index (χ1n) is 11.2. The summed E-state index contributed by atoms with van der Waals surface area (Å²) in [4.78, 5) is 23.4. The van der Waals surface area contributed by atoms with Gasteiger partial charge in [0, 0.05) is 36.4 Å². The van der Waals surface area contributed by atoms with Crippen molar-refractivity contribution in [3.05, 3.63) is 80.3 Å². The number of aliphatic imine (C=N–C) groups is 1. The third-order valence-electron chi connectivity index (χ3n) is 6.34. The maximum Gasteiger partial charge on any atom is 0.262 e. The summed E-state index contributed by atoms with van der Waals surface area (Å²) in [6.07, 6.45) is 0. The largest absolute Gasteiger partial charge is 0.383 e. The van der Waals surface area contributed by atoms with E-state index in [1.807, 2.05) is 55.6 Å². The van der Waals surface area contributed by atoms with E-state index in [0.717, 1.165) is 26.9 Å². The molecule has 0 spiro atoms. The van der Waals surface area contributed by atoms with Gasteiger partial charge >= 0.3 is 0 Å². The van der Waals surface area contributed by atoms with Crippen LogP contribution in [-0.2, 0) is 15.1 Å². The minimum atomic E-state index is -0.572. The van der Waals surface area contributed by atoms with Crippen LogP contribution in [0.4, 0.5) is 0 Å². The molecule has 0 saturated heterocycles. The van der Waals surface area contributed by atoms with Gasteiger partial charge in [-0.1, -0.05) is 61.3 Å². The van der Waals surface area contributed by atoms with E-state index in [0.29, 0.717) is 23.2 Å². The molecule has 0 saturated carbocycles. The highest BCUT2D eigenvalue weighted by Gasteiger charge is 2.53. The molecule has 4 rings (SSSR count). The number of hydrogen-bond acceptors (Lipinski definition) is 5. The standard InChI is InChI=1S/C26H29Cl2N3O2S/c1-16(2)21-22(24(32)30(4)14-15-33-5)34-25-29-26(3,18-8-12-20(28)13-9-18)23(31(21)25)17-6-10-19(27)11-7-17/h6-13,16,23H,14-15H2,1-5H3/t23-,26+/m1/s1. The number of rotatable bonds is 7. The first kappa shape index (κ1) is 25.1. The molecule has 0 fully saturated rings. The van der Waals surface area contributed by atoms with E-state index < -0.39 is 5.54 Å². The van der Waals surface area contributed by atoms with Crippen LogP contribution in [0.5, 0.6) is 0 Å². The van der Waals surface area contributed by atoms with E-state index in [9.17, 15) is 4.79 Å². The smallest absolute Gasteiger partial charge is 0.262 e. The molecule has 34 heavy (non-hydrogen) atoms. The molecule has 0 unspecified atom stereocenters. The van der Waals surface area contributed by atoms with Crippen LogP contribution in [0, 0.1) is 5.92 Å². The maximum atomic E-state index is 13.4. The first-order valence-corrected chi connectivity index (χ1v) is 12.8. The van der Waals surface area contributed by atoms with Gasteiger partial charge in [0.05, 0.1) is 12.6 Å². The molecule has 0 radical (unpaired) electrons. The molecule has 2 atom stereocenters. The minimum absolute atomic E-state index is 0.00842. The lowest BCUT2D eigenvalue weighted by Crippen LogP contribution is -2.36. The van der Waals surface area contributed by atoms with Gasteiger partial charge in [0.1, 0.15) is 10.4 Å². The van der Waals surface area contributed by atoms with Crippen molar-refractivity contribution < 1.29 is 9.53 Å². The summed E-state index contributed by atoms with van der Waals surface area (Å²) < 4.78 is 5.17. The van der Waals surface area contributed by atoms with Gasteiger partial charge in [-0.3, -0.25) is 4.79 Å². The van der Waals surface area contributed by atoms with Crippen molar-refractivity contribution in [2.24, 2.45) is 10.9 Å². The fourth-order valence-corrected chi connectivity index (χ4v) is 6.22. The number of benzene rings is 2. The molecule has 1 amide bonds. The number of halogens is 2. The van der Waals surface area contributed by atoms with Crippen molar-refractivity contribution in [2.75, 3.05) is 27.3 Å². The monoisotopic (exact) mass is 517 g/mol. The fourth-order valence-electron chi connectivity index (χ4n) is 4.57. The number of nitrogens with zero attached hydrogens (tertiary/aromatic N) is 3. The third-order valence-corrected chi connectivity index (χ3v) is 7.91. The SMILES string of the molecule is COCCN(C)C(=O)C1=C(C(C)C)N2C(=N[C@@](C)(c3ccc(Cl)cc3)[C@H]2c2ccc(Cl)cc2)S1. The molecule has 2 aromatic carbocycles. The van der Waals surface area contributed by atoms with E-state index in [-0.39, 0.29) is 17.9 Å². The Balaban J connectivity index is 1.83. The van der Waals surface area contributed by atoms with E-state index in [4.69, 9.17) is 32.9 Å². The Bertz CT molecular complexity index is 1130. The van der Waals surface area contributed by atoms with Crippen LogP contribution in [0.15, 0.2) is 64.1 Å². The molecule has 5 nitrogen and oxygen atoms in total. The van der Waals surface area contributed by atoms with Gasteiger partial charge in [0.2, 0.25) is 0 Å². The molecular formula is C26H29Cl2N3O2S. The van der Waals surface area contributed by atoms with Crippen LogP contribution >= 0.6 is 35.0 Å². The van der Waals surface area contributed by atoms with Crippen molar-refractivity contribution in [3.8, 4) is 0 Å². The highest BCUT2D eigenvalue weighted by molar-refractivity contribution is 8.18. The second-order valence-electron chi connectivity index (χ2n) is 9.06. The Labute approximate surface area is 215 Å². The molecule has 8 heteroatoms. The zero-order valence-corrected chi connectivity index (χ0v) is 22.3. The Morgan fingerprint density at radius 3 is 2.29 bits per heavy atom. The number of likely N-dealkylation sites (N-methyl/N-ethyl adjacent to an activating group) is 1. The molecule has 0 N–H and O–H groups in total. The lowest BCUT2D eigenvalue weighted by molar-refractivity contribution is -0.125. The fraction of sp³-hybridized carbons (Fsp3) is 0.385. The Kier molecular flexibility index (Phi) is 7.34. The second kappa shape index (κ2) is 9.94. The number of hydrogen-bond donors (Lipinski definition) is 0. The summed E-state index contributed by atoms with van der Waals surface area (Å²) in [5.41, 5.74) is 2.57. The summed E-state index contributed by atoms with van der Waals surface area (Å²) >= 11 is 13.9. The van der Waals surface area contributed by atoms with Crippen molar-refractivity contribution in [2.45, 2.75) is 32.4 Å². The van der Waals surface area contributed by atoms with Crippen LogP contribution in [0.2, 0.25) is 10.0 Å². The predicted molar refractivity (Wildman–Crippen MR) is 141 cm³/mol. The van der Waals surface area contributed by atoms with Gasteiger partial charge in [0.25, 0.3) is 5.91 Å². The van der Waals surface area contributed by atoms with Crippen LogP contribution in [0.3, 0.4) is 0 Å². The average Bonchev–Trinajstić information content (AvgIpc) is 3.30. The number of allylic oxidation sites excluding steroid dienone is 1. The third kappa shape index (κ3) is 4.49. The van der Waals surface area contributed by atoms with Crippen LogP contribution in [0.25, 0.3) is 0 Å². The highest BCUT2D eigenvalue weighted by Crippen LogP contribution is 2.56. The average molecular weight is 519 g/mol. The summed E-state index contributed by atoms with van der Waals surface area (Å²) in [7, 11) is 3.45. The molecule has 2 aliphatic rings. The summed E-state index contributed by atoms with van der Waals surface area (Å²) in [6, 6.07) is 15.6. The minimum Gasteiger partial charge on any atom is -0.383 e. The van der Waals surface area contributed by atoms with E-state index in [2.05, 4.69) is 25.7 Å². The van der Waals surface area contributed by atoms with Crippen molar-refractivity contribution in [1.82, 2.24) is 9.80 Å². The van der Waals surface area contributed by atoms with Gasteiger partial charge in [-0.25, -0.2) is 4.99 Å².